The first kappa shape index (κ1) is 12.9. The van der Waals surface area contributed by atoms with Gasteiger partial charge in [0.2, 0.25) is 0 Å². The lowest BCUT2D eigenvalue weighted by atomic mass is 10.0. The molecule has 0 aliphatic carbocycles. The molecule has 0 radical (unpaired) electrons. The van der Waals surface area contributed by atoms with E-state index in [4.69, 9.17) is 23.2 Å². The van der Waals surface area contributed by atoms with Crippen molar-refractivity contribution in [3.63, 3.8) is 0 Å². The Hall–Kier alpha value is -0.500. The van der Waals surface area contributed by atoms with Crippen molar-refractivity contribution in [2.45, 2.75) is 26.1 Å². The average molecular weight is 285 g/mol. The topological polar surface area (TPSA) is 0 Å². The zero-order valence-electron chi connectivity index (χ0n) is 10.1. The van der Waals surface area contributed by atoms with Gasteiger partial charge in [-0.2, -0.15) is 0 Å². The number of aryl methyl sites for hydroxylation is 3. The van der Waals surface area contributed by atoms with Crippen LogP contribution in [0.1, 0.15) is 31.8 Å². The lowest BCUT2D eigenvalue weighted by molar-refractivity contribution is 1.13. The van der Waals surface area contributed by atoms with Crippen molar-refractivity contribution in [2.24, 2.45) is 0 Å². The Morgan fingerprint density at radius 1 is 1.06 bits per heavy atom. The van der Waals surface area contributed by atoms with Gasteiger partial charge in [0.1, 0.15) is 0 Å². The lowest BCUT2D eigenvalue weighted by Gasteiger charge is -2.12. The van der Waals surface area contributed by atoms with Crippen molar-refractivity contribution >= 4 is 34.5 Å². The van der Waals surface area contributed by atoms with Crippen LogP contribution in [-0.2, 0) is 0 Å². The maximum Gasteiger partial charge on any atom is 0.0860 e. The molecule has 1 aromatic carbocycles. The Bertz CT molecular complexity index is 543. The van der Waals surface area contributed by atoms with Gasteiger partial charge in [0.15, 0.2) is 0 Å². The summed E-state index contributed by atoms with van der Waals surface area (Å²) in [5.74, 6) is 0. The van der Waals surface area contributed by atoms with Crippen LogP contribution in [-0.4, -0.2) is 0 Å². The van der Waals surface area contributed by atoms with Crippen molar-refractivity contribution in [3.05, 3.63) is 55.7 Å². The van der Waals surface area contributed by atoms with Gasteiger partial charge in [-0.3, -0.25) is 0 Å². The van der Waals surface area contributed by atoms with Crippen LogP contribution in [0.25, 0.3) is 0 Å². The number of rotatable bonds is 2. The zero-order valence-corrected chi connectivity index (χ0v) is 12.4. The molecule has 1 aromatic heterocycles. The predicted octanol–water partition coefficient (Wildman–Crippen LogP) is 5.65. The van der Waals surface area contributed by atoms with Crippen LogP contribution in [0.3, 0.4) is 0 Å². The monoisotopic (exact) mass is 284 g/mol. The molecule has 0 nitrogen and oxygen atoms in total. The normalized spacial score (nSPS) is 12.8. The number of hydrogen-bond donors (Lipinski definition) is 0. The third-order valence-electron chi connectivity index (χ3n) is 2.78. The zero-order chi connectivity index (χ0) is 12.6. The highest BCUT2D eigenvalue weighted by Crippen LogP contribution is 2.38. The van der Waals surface area contributed by atoms with Crippen molar-refractivity contribution in [3.8, 4) is 0 Å². The summed E-state index contributed by atoms with van der Waals surface area (Å²) in [5, 5.41) is 0.585. The average Bonchev–Trinajstić information content (AvgIpc) is 2.57. The molecule has 0 saturated heterocycles. The van der Waals surface area contributed by atoms with Crippen LogP contribution in [0, 0.1) is 20.8 Å². The third-order valence-corrected chi connectivity index (χ3v) is 4.56. The number of halogens is 2. The molecular formula is C14H14Cl2S. The van der Waals surface area contributed by atoms with E-state index in [2.05, 4.69) is 19.9 Å². The molecule has 17 heavy (non-hydrogen) atoms. The van der Waals surface area contributed by atoms with Gasteiger partial charge in [0.05, 0.1) is 5.38 Å². The van der Waals surface area contributed by atoms with E-state index in [1.807, 2.05) is 25.1 Å². The molecule has 2 rings (SSSR count). The highest BCUT2D eigenvalue weighted by atomic mass is 35.5. The van der Waals surface area contributed by atoms with Crippen LogP contribution in [0.2, 0.25) is 5.02 Å². The van der Waals surface area contributed by atoms with Gasteiger partial charge in [-0.25, -0.2) is 0 Å². The van der Waals surface area contributed by atoms with Crippen LogP contribution in [0.4, 0.5) is 0 Å². The molecule has 0 bridgehead atoms. The molecule has 1 unspecified atom stereocenters. The Labute approximate surface area is 116 Å². The van der Waals surface area contributed by atoms with Gasteiger partial charge >= 0.3 is 0 Å². The first-order chi connectivity index (χ1) is 7.99. The second-order valence-electron chi connectivity index (χ2n) is 4.26. The van der Waals surface area contributed by atoms with Crippen molar-refractivity contribution in [2.75, 3.05) is 0 Å². The Morgan fingerprint density at radius 2 is 1.76 bits per heavy atom. The van der Waals surface area contributed by atoms with Gasteiger partial charge in [-0.1, -0.05) is 23.7 Å². The molecule has 0 fully saturated rings. The summed E-state index contributed by atoms with van der Waals surface area (Å²) in [6, 6.07) is 8.17. The van der Waals surface area contributed by atoms with Crippen LogP contribution in [0.5, 0.6) is 0 Å². The van der Waals surface area contributed by atoms with Gasteiger partial charge in [0, 0.05) is 14.8 Å². The van der Waals surface area contributed by atoms with Gasteiger partial charge in [0.25, 0.3) is 0 Å². The number of hydrogen-bond acceptors (Lipinski definition) is 1. The lowest BCUT2D eigenvalue weighted by Crippen LogP contribution is -1.94. The summed E-state index contributed by atoms with van der Waals surface area (Å²) in [4.78, 5) is 2.55. The molecule has 90 valence electrons. The van der Waals surface area contributed by atoms with E-state index in [1.54, 1.807) is 11.3 Å². The molecule has 0 spiro atoms. The van der Waals surface area contributed by atoms with E-state index < -0.39 is 0 Å². The number of benzene rings is 1. The predicted molar refractivity (Wildman–Crippen MR) is 77.7 cm³/mol. The number of alkyl halides is 1. The standard InChI is InChI=1S/C14H14Cl2S/c1-8-4-5-11(13(15)6-8)14(16)12-7-9(2)17-10(12)3/h4-7,14H,1-3H3. The van der Waals surface area contributed by atoms with E-state index in [9.17, 15) is 0 Å². The summed E-state index contributed by atoms with van der Waals surface area (Å²) in [5.41, 5.74) is 3.31. The Balaban J connectivity index is 2.43. The van der Waals surface area contributed by atoms with Crippen LogP contribution in [0.15, 0.2) is 24.3 Å². The second-order valence-corrected chi connectivity index (χ2v) is 6.56. The molecule has 1 atom stereocenters. The van der Waals surface area contributed by atoms with E-state index in [0.29, 0.717) is 0 Å². The largest absolute Gasteiger partial charge is 0.146 e. The Kier molecular flexibility index (Phi) is 3.82. The third kappa shape index (κ3) is 2.67. The molecule has 0 aliphatic rings. The summed E-state index contributed by atoms with van der Waals surface area (Å²) in [6.45, 7) is 6.23. The summed E-state index contributed by atoms with van der Waals surface area (Å²) >= 11 is 14.6. The van der Waals surface area contributed by atoms with Crippen molar-refractivity contribution in [1.29, 1.82) is 0 Å². The minimum atomic E-state index is -0.159. The molecule has 0 amide bonds. The maximum absolute atomic E-state index is 6.53. The molecule has 3 heteroatoms. The smallest absolute Gasteiger partial charge is 0.0860 e. The highest BCUT2D eigenvalue weighted by Gasteiger charge is 2.17. The second kappa shape index (κ2) is 5.01. The fourth-order valence-electron chi connectivity index (χ4n) is 1.91. The molecule has 0 saturated carbocycles. The summed E-state index contributed by atoms with van der Waals surface area (Å²) in [7, 11) is 0. The van der Waals surface area contributed by atoms with Gasteiger partial charge in [-0.05, 0) is 49.6 Å². The van der Waals surface area contributed by atoms with Crippen LogP contribution < -0.4 is 0 Å². The first-order valence-corrected chi connectivity index (χ1v) is 7.09. The van der Waals surface area contributed by atoms with Crippen LogP contribution >= 0.6 is 34.5 Å². The van der Waals surface area contributed by atoms with E-state index in [-0.39, 0.29) is 5.38 Å². The fraction of sp³-hybridized carbons (Fsp3) is 0.286. The SMILES string of the molecule is Cc1ccc(C(Cl)c2cc(C)sc2C)c(Cl)c1. The summed E-state index contributed by atoms with van der Waals surface area (Å²) in [6.07, 6.45) is 0. The van der Waals surface area contributed by atoms with Crippen molar-refractivity contribution in [1.82, 2.24) is 0 Å². The van der Waals surface area contributed by atoms with Gasteiger partial charge < -0.3 is 0 Å². The fourth-order valence-corrected chi connectivity index (χ4v) is 3.75. The minimum Gasteiger partial charge on any atom is -0.146 e. The Morgan fingerprint density at radius 3 is 2.29 bits per heavy atom. The molecule has 1 heterocycles. The summed E-state index contributed by atoms with van der Waals surface area (Å²) < 4.78 is 0. The maximum atomic E-state index is 6.53. The molecule has 2 aromatic rings. The molecule has 0 N–H and O–H groups in total. The molecular weight excluding hydrogens is 271 g/mol. The van der Waals surface area contributed by atoms with E-state index in [1.165, 1.54) is 15.3 Å². The highest BCUT2D eigenvalue weighted by molar-refractivity contribution is 7.12. The number of thiophene rings is 1. The van der Waals surface area contributed by atoms with E-state index >= 15 is 0 Å². The van der Waals surface area contributed by atoms with E-state index in [0.717, 1.165) is 16.1 Å². The van der Waals surface area contributed by atoms with Crippen molar-refractivity contribution < 1.29 is 0 Å². The first-order valence-electron chi connectivity index (χ1n) is 5.46. The quantitative estimate of drug-likeness (QED) is 0.625. The minimum absolute atomic E-state index is 0.159. The molecule has 0 aliphatic heterocycles. The van der Waals surface area contributed by atoms with Gasteiger partial charge in [-0.15, -0.1) is 22.9 Å².